The van der Waals surface area contributed by atoms with E-state index in [-0.39, 0.29) is 0 Å². The van der Waals surface area contributed by atoms with Crippen molar-refractivity contribution in [2.24, 2.45) is 0 Å². The highest BCUT2D eigenvalue weighted by molar-refractivity contribution is 5.87. The number of para-hydroxylation sites is 1. The molecule has 94 valence electrons. The molecule has 2 heteroatoms. The average molecular weight is 248 g/mol. The number of aromatic nitrogens is 1. The Hall–Kier alpha value is -2.35. The summed E-state index contributed by atoms with van der Waals surface area (Å²) in [6.45, 7) is 4.22. The fourth-order valence-corrected chi connectivity index (χ4v) is 2.38. The van der Waals surface area contributed by atoms with Gasteiger partial charge in [-0.25, -0.2) is 4.98 Å². The normalized spacial score (nSPS) is 10.8. The van der Waals surface area contributed by atoms with Crippen LogP contribution in [0.5, 0.6) is 0 Å². The zero-order chi connectivity index (χ0) is 13.4. The molecule has 0 saturated carbocycles. The van der Waals surface area contributed by atoms with Gasteiger partial charge in [0.2, 0.25) is 0 Å². The molecular formula is C17H16N2. The van der Waals surface area contributed by atoms with Crippen molar-refractivity contribution in [3.05, 3.63) is 59.7 Å². The lowest BCUT2D eigenvalue weighted by atomic mass is 10.0. The van der Waals surface area contributed by atoms with E-state index in [1.54, 1.807) is 0 Å². The Labute approximate surface area is 112 Å². The molecule has 2 N–H and O–H groups in total. The van der Waals surface area contributed by atoms with Crippen LogP contribution in [0.1, 0.15) is 11.1 Å². The Bertz CT molecular complexity index is 760. The fraction of sp³-hybridized carbons (Fsp3) is 0.118. The van der Waals surface area contributed by atoms with Crippen molar-refractivity contribution in [2.45, 2.75) is 13.8 Å². The van der Waals surface area contributed by atoms with Gasteiger partial charge >= 0.3 is 0 Å². The molecule has 0 fully saturated rings. The largest absolute Gasteiger partial charge is 0.398 e. The predicted molar refractivity (Wildman–Crippen MR) is 81.1 cm³/mol. The third kappa shape index (κ3) is 2.06. The molecule has 1 heterocycles. The Morgan fingerprint density at radius 3 is 2.53 bits per heavy atom. The lowest BCUT2D eigenvalue weighted by Crippen LogP contribution is -1.93. The van der Waals surface area contributed by atoms with Crippen LogP contribution in [-0.4, -0.2) is 4.98 Å². The van der Waals surface area contributed by atoms with E-state index < -0.39 is 0 Å². The lowest BCUT2D eigenvalue weighted by Gasteiger charge is -2.09. The quantitative estimate of drug-likeness (QED) is 0.658. The zero-order valence-corrected chi connectivity index (χ0v) is 11.1. The highest BCUT2D eigenvalue weighted by atomic mass is 14.7. The number of nitrogens with two attached hydrogens (primary N) is 1. The zero-order valence-electron chi connectivity index (χ0n) is 11.1. The van der Waals surface area contributed by atoms with Gasteiger partial charge in [0.15, 0.2) is 0 Å². The van der Waals surface area contributed by atoms with E-state index in [1.807, 2.05) is 24.3 Å². The van der Waals surface area contributed by atoms with E-state index in [1.165, 1.54) is 16.5 Å². The molecule has 2 nitrogen and oxygen atoms in total. The Balaban J connectivity index is 2.27. The van der Waals surface area contributed by atoms with Gasteiger partial charge in [0.25, 0.3) is 0 Å². The summed E-state index contributed by atoms with van der Waals surface area (Å²) in [7, 11) is 0. The van der Waals surface area contributed by atoms with Crippen molar-refractivity contribution in [2.75, 3.05) is 5.73 Å². The molecule has 19 heavy (non-hydrogen) atoms. The smallest absolute Gasteiger partial charge is 0.0733 e. The van der Waals surface area contributed by atoms with Crippen LogP contribution < -0.4 is 5.73 Å². The number of benzene rings is 2. The average Bonchev–Trinajstić information content (AvgIpc) is 2.40. The molecule has 2 aromatic carbocycles. The molecule has 0 spiro atoms. The van der Waals surface area contributed by atoms with Crippen molar-refractivity contribution in [3.63, 3.8) is 0 Å². The summed E-state index contributed by atoms with van der Waals surface area (Å²) in [5, 5.41) is 1.21. The standard InChI is InChI=1S/C17H16N2/c1-11-7-8-16-14(9-11)12(2)10-17(19-16)13-5-3-4-6-15(13)18/h3-10H,18H2,1-2H3. The van der Waals surface area contributed by atoms with Crippen molar-refractivity contribution in [3.8, 4) is 11.3 Å². The summed E-state index contributed by atoms with van der Waals surface area (Å²) in [6.07, 6.45) is 0. The maximum absolute atomic E-state index is 6.03. The topological polar surface area (TPSA) is 38.9 Å². The number of nitrogens with zero attached hydrogens (tertiary/aromatic N) is 1. The summed E-state index contributed by atoms with van der Waals surface area (Å²) in [5.41, 5.74) is 12.2. The molecule has 3 rings (SSSR count). The Morgan fingerprint density at radius 1 is 0.947 bits per heavy atom. The van der Waals surface area contributed by atoms with Gasteiger partial charge in [-0.3, -0.25) is 0 Å². The van der Waals surface area contributed by atoms with Crippen molar-refractivity contribution in [1.29, 1.82) is 0 Å². The highest BCUT2D eigenvalue weighted by Gasteiger charge is 2.07. The summed E-state index contributed by atoms with van der Waals surface area (Å²) < 4.78 is 0. The number of aryl methyl sites for hydroxylation is 2. The van der Waals surface area contributed by atoms with E-state index in [9.17, 15) is 0 Å². The van der Waals surface area contributed by atoms with Gasteiger partial charge in [0.1, 0.15) is 0 Å². The minimum atomic E-state index is 0.765. The summed E-state index contributed by atoms with van der Waals surface area (Å²) in [5.74, 6) is 0. The monoisotopic (exact) mass is 248 g/mol. The van der Waals surface area contributed by atoms with Gasteiger partial charge in [0.05, 0.1) is 11.2 Å². The van der Waals surface area contributed by atoms with Crippen LogP contribution in [-0.2, 0) is 0 Å². The summed E-state index contributed by atoms with van der Waals surface area (Å²) in [6, 6.07) is 16.3. The van der Waals surface area contributed by atoms with Gasteiger partial charge in [-0.2, -0.15) is 0 Å². The number of rotatable bonds is 1. The second-order valence-corrected chi connectivity index (χ2v) is 4.93. The van der Waals surface area contributed by atoms with Crippen LogP contribution in [0.4, 0.5) is 5.69 Å². The highest BCUT2D eigenvalue weighted by Crippen LogP contribution is 2.28. The molecule has 0 aliphatic heterocycles. The molecule has 3 aromatic rings. The van der Waals surface area contributed by atoms with Gasteiger partial charge in [-0.05, 0) is 43.7 Å². The molecule has 0 saturated heterocycles. The van der Waals surface area contributed by atoms with Gasteiger partial charge in [-0.15, -0.1) is 0 Å². The Kier molecular flexibility index (Phi) is 2.71. The maximum Gasteiger partial charge on any atom is 0.0733 e. The SMILES string of the molecule is Cc1ccc2nc(-c3ccccc3N)cc(C)c2c1. The van der Waals surface area contributed by atoms with Crippen LogP contribution in [0.15, 0.2) is 48.5 Å². The third-order valence-electron chi connectivity index (χ3n) is 3.41. The first-order valence-electron chi connectivity index (χ1n) is 6.38. The van der Waals surface area contributed by atoms with Gasteiger partial charge < -0.3 is 5.73 Å². The second-order valence-electron chi connectivity index (χ2n) is 4.93. The minimum absolute atomic E-state index is 0.765. The van der Waals surface area contributed by atoms with Gasteiger partial charge in [0, 0.05) is 16.6 Å². The van der Waals surface area contributed by atoms with Crippen molar-refractivity contribution >= 4 is 16.6 Å². The van der Waals surface area contributed by atoms with E-state index >= 15 is 0 Å². The van der Waals surface area contributed by atoms with Crippen molar-refractivity contribution < 1.29 is 0 Å². The molecule has 0 amide bonds. The molecule has 0 bridgehead atoms. The molecule has 0 atom stereocenters. The first-order valence-corrected chi connectivity index (χ1v) is 6.38. The van der Waals surface area contributed by atoms with Crippen LogP contribution in [0.2, 0.25) is 0 Å². The van der Waals surface area contributed by atoms with E-state index in [0.717, 1.165) is 22.5 Å². The van der Waals surface area contributed by atoms with E-state index in [4.69, 9.17) is 10.7 Å². The predicted octanol–water partition coefficient (Wildman–Crippen LogP) is 4.10. The first-order chi connectivity index (χ1) is 9.15. The van der Waals surface area contributed by atoms with Gasteiger partial charge in [-0.1, -0.05) is 29.8 Å². The summed E-state index contributed by atoms with van der Waals surface area (Å²) in [4.78, 5) is 4.73. The molecule has 0 aliphatic carbocycles. The molecular weight excluding hydrogens is 232 g/mol. The third-order valence-corrected chi connectivity index (χ3v) is 3.41. The number of anilines is 1. The van der Waals surface area contributed by atoms with Crippen LogP contribution in [0, 0.1) is 13.8 Å². The van der Waals surface area contributed by atoms with E-state index in [2.05, 4.69) is 38.1 Å². The minimum Gasteiger partial charge on any atom is -0.398 e. The number of fused-ring (bicyclic) bond motifs is 1. The summed E-state index contributed by atoms with van der Waals surface area (Å²) >= 11 is 0. The molecule has 0 unspecified atom stereocenters. The molecule has 0 radical (unpaired) electrons. The number of pyridine rings is 1. The second kappa shape index (κ2) is 4.39. The van der Waals surface area contributed by atoms with Crippen LogP contribution >= 0.6 is 0 Å². The number of hydrogen-bond donors (Lipinski definition) is 1. The number of hydrogen-bond acceptors (Lipinski definition) is 2. The Morgan fingerprint density at radius 2 is 1.74 bits per heavy atom. The fourth-order valence-electron chi connectivity index (χ4n) is 2.38. The van der Waals surface area contributed by atoms with Crippen LogP contribution in [0.3, 0.4) is 0 Å². The van der Waals surface area contributed by atoms with Crippen molar-refractivity contribution in [1.82, 2.24) is 4.98 Å². The molecule has 0 aliphatic rings. The maximum atomic E-state index is 6.03. The first kappa shape index (κ1) is 11.7. The van der Waals surface area contributed by atoms with Crippen LogP contribution in [0.25, 0.3) is 22.2 Å². The number of nitrogen functional groups attached to an aromatic ring is 1. The molecule has 1 aromatic heterocycles. The van der Waals surface area contributed by atoms with E-state index in [0.29, 0.717) is 0 Å². The lowest BCUT2D eigenvalue weighted by molar-refractivity contribution is 1.35.